The van der Waals surface area contributed by atoms with E-state index in [-0.39, 0.29) is 32.0 Å². The Balaban J connectivity index is 4.31. The Morgan fingerprint density at radius 3 is 2.11 bits per heavy atom. The monoisotopic (exact) mass is 274 g/mol. The molecule has 2 N–H and O–H groups in total. The number of rotatable bonds is 10. The average Bonchev–Trinajstić information content (AvgIpc) is 2.32. The highest BCUT2D eigenvalue weighted by Crippen LogP contribution is 1.97. The van der Waals surface area contributed by atoms with E-state index in [2.05, 4.69) is 0 Å². The Bertz CT molecular complexity index is 319. The molecule has 0 saturated carbocycles. The molecule has 0 aliphatic carbocycles. The number of carboxylic acid groups (broad SMARTS) is 2. The van der Waals surface area contributed by atoms with Gasteiger partial charge in [-0.2, -0.15) is 0 Å². The lowest BCUT2D eigenvalue weighted by molar-refractivity contribution is -0.142. The van der Waals surface area contributed by atoms with Crippen LogP contribution in [-0.2, 0) is 14.4 Å². The summed E-state index contributed by atoms with van der Waals surface area (Å²) in [6.45, 7) is 2.28. The number of nitrogens with zero attached hydrogens (tertiary/aromatic N) is 2. The molecule has 0 atom stereocenters. The Kier molecular flexibility index (Phi) is 8.52. The summed E-state index contributed by atoms with van der Waals surface area (Å²) in [7, 11) is 1.66. The molecule has 0 saturated heterocycles. The van der Waals surface area contributed by atoms with Crippen molar-refractivity contribution >= 4 is 17.8 Å². The number of carboxylic acids is 2. The zero-order valence-electron chi connectivity index (χ0n) is 11.5. The fourth-order valence-electron chi connectivity index (χ4n) is 1.49. The quantitative estimate of drug-likeness (QED) is 0.586. The molecule has 0 rings (SSSR count). The van der Waals surface area contributed by atoms with Crippen molar-refractivity contribution < 1.29 is 24.6 Å². The first-order valence-electron chi connectivity index (χ1n) is 6.26. The second kappa shape index (κ2) is 9.32. The molecular formula is C12H22N2O5. The molecular weight excluding hydrogens is 252 g/mol. The van der Waals surface area contributed by atoms with E-state index in [0.717, 1.165) is 12.8 Å². The van der Waals surface area contributed by atoms with Gasteiger partial charge >= 0.3 is 11.9 Å². The number of unbranched alkanes of at least 4 members (excludes halogenated alkanes) is 1. The van der Waals surface area contributed by atoms with Crippen LogP contribution in [0.15, 0.2) is 0 Å². The van der Waals surface area contributed by atoms with Gasteiger partial charge in [-0.05, 0) is 6.42 Å². The summed E-state index contributed by atoms with van der Waals surface area (Å²) >= 11 is 0. The van der Waals surface area contributed by atoms with Gasteiger partial charge in [0.2, 0.25) is 5.91 Å². The Labute approximate surface area is 112 Å². The van der Waals surface area contributed by atoms with Crippen molar-refractivity contribution in [1.82, 2.24) is 9.80 Å². The number of carbonyl (C=O) groups excluding carboxylic acids is 1. The molecule has 19 heavy (non-hydrogen) atoms. The van der Waals surface area contributed by atoms with Crippen LogP contribution in [0.3, 0.4) is 0 Å². The van der Waals surface area contributed by atoms with Gasteiger partial charge in [-0.25, -0.2) is 0 Å². The van der Waals surface area contributed by atoms with Crippen molar-refractivity contribution in [3.05, 3.63) is 0 Å². The van der Waals surface area contributed by atoms with Gasteiger partial charge in [-0.15, -0.1) is 0 Å². The number of hydrogen-bond donors (Lipinski definition) is 2. The van der Waals surface area contributed by atoms with Crippen molar-refractivity contribution in [3.8, 4) is 0 Å². The van der Waals surface area contributed by atoms with Gasteiger partial charge in [0.1, 0.15) is 0 Å². The Morgan fingerprint density at radius 2 is 1.63 bits per heavy atom. The first kappa shape index (κ1) is 17.4. The molecule has 1 amide bonds. The molecule has 0 heterocycles. The predicted octanol–water partition coefficient (Wildman–Crippen LogP) is 0.106. The van der Waals surface area contributed by atoms with Crippen LogP contribution in [0.25, 0.3) is 0 Å². The standard InChI is InChI=1S/C12H22N2O5/c1-3-4-6-13(2)10(15)8-14(9-12(18)19)7-5-11(16)17/h3-9H2,1-2H3,(H,16,17)(H,18,19). The number of aliphatic carboxylic acids is 2. The van der Waals surface area contributed by atoms with Gasteiger partial charge in [0.25, 0.3) is 0 Å². The molecule has 0 aliphatic heterocycles. The third-order valence-corrected chi connectivity index (χ3v) is 2.63. The molecule has 0 fully saturated rings. The molecule has 0 aromatic heterocycles. The largest absolute Gasteiger partial charge is 0.481 e. The number of likely N-dealkylation sites (N-methyl/N-ethyl adjacent to an activating group) is 1. The maximum absolute atomic E-state index is 11.8. The maximum Gasteiger partial charge on any atom is 0.317 e. The molecule has 0 aromatic carbocycles. The van der Waals surface area contributed by atoms with Crippen molar-refractivity contribution in [2.24, 2.45) is 0 Å². The third-order valence-electron chi connectivity index (χ3n) is 2.63. The molecule has 0 bridgehead atoms. The van der Waals surface area contributed by atoms with Gasteiger partial charge in [0.05, 0.1) is 19.5 Å². The average molecular weight is 274 g/mol. The highest BCUT2D eigenvalue weighted by Gasteiger charge is 2.17. The van der Waals surface area contributed by atoms with Crippen molar-refractivity contribution in [2.45, 2.75) is 26.2 Å². The smallest absolute Gasteiger partial charge is 0.317 e. The second-order valence-electron chi connectivity index (χ2n) is 4.42. The zero-order chi connectivity index (χ0) is 14.8. The van der Waals surface area contributed by atoms with Crippen LogP contribution >= 0.6 is 0 Å². The normalized spacial score (nSPS) is 10.5. The van der Waals surface area contributed by atoms with Crippen LogP contribution in [0.2, 0.25) is 0 Å². The molecule has 110 valence electrons. The minimum absolute atomic E-state index is 0.0506. The first-order chi connectivity index (χ1) is 8.86. The van der Waals surface area contributed by atoms with Crippen LogP contribution in [-0.4, -0.2) is 71.1 Å². The Hall–Kier alpha value is -1.63. The minimum Gasteiger partial charge on any atom is -0.481 e. The molecule has 0 aromatic rings. The fraction of sp³-hybridized carbons (Fsp3) is 0.750. The van der Waals surface area contributed by atoms with E-state index < -0.39 is 11.9 Å². The van der Waals surface area contributed by atoms with Crippen LogP contribution in [0, 0.1) is 0 Å². The summed E-state index contributed by atoms with van der Waals surface area (Å²) in [6, 6.07) is 0. The third kappa shape index (κ3) is 9.01. The van der Waals surface area contributed by atoms with Gasteiger partial charge in [0, 0.05) is 20.1 Å². The van der Waals surface area contributed by atoms with Crippen LogP contribution in [0.4, 0.5) is 0 Å². The highest BCUT2D eigenvalue weighted by atomic mass is 16.4. The van der Waals surface area contributed by atoms with Gasteiger partial charge in [-0.3, -0.25) is 19.3 Å². The van der Waals surface area contributed by atoms with Crippen LogP contribution in [0.1, 0.15) is 26.2 Å². The van der Waals surface area contributed by atoms with Crippen LogP contribution < -0.4 is 0 Å². The number of carbonyl (C=O) groups is 3. The summed E-state index contributed by atoms with van der Waals surface area (Å²) in [5.41, 5.74) is 0. The van der Waals surface area contributed by atoms with Crippen molar-refractivity contribution in [3.63, 3.8) is 0 Å². The van der Waals surface area contributed by atoms with E-state index in [4.69, 9.17) is 10.2 Å². The lowest BCUT2D eigenvalue weighted by Crippen LogP contribution is -2.41. The van der Waals surface area contributed by atoms with Gasteiger partial charge < -0.3 is 15.1 Å². The second-order valence-corrected chi connectivity index (χ2v) is 4.42. The van der Waals surface area contributed by atoms with Gasteiger partial charge in [-0.1, -0.05) is 13.3 Å². The molecule has 0 spiro atoms. The first-order valence-corrected chi connectivity index (χ1v) is 6.26. The zero-order valence-corrected chi connectivity index (χ0v) is 11.5. The number of hydrogen-bond acceptors (Lipinski definition) is 4. The topological polar surface area (TPSA) is 98.2 Å². The van der Waals surface area contributed by atoms with E-state index >= 15 is 0 Å². The predicted molar refractivity (Wildman–Crippen MR) is 68.9 cm³/mol. The molecule has 0 aliphatic rings. The summed E-state index contributed by atoms with van der Waals surface area (Å²) in [4.78, 5) is 35.8. The molecule has 0 unspecified atom stereocenters. The van der Waals surface area contributed by atoms with Crippen LogP contribution in [0.5, 0.6) is 0 Å². The van der Waals surface area contributed by atoms with E-state index in [1.54, 1.807) is 11.9 Å². The summed E-state index contributed by atoms with van der Waals surface area (Å²) in [5.74, 6) is -2.28. The SMILES string of the molecule is CCCCN(C)C(=O)CN(CCC(=O)O)CC(=O)O. The van der Waals surface area contributed by atoms with E-state index in [9.17, 15) is 14.4 Å². The summed E-state index contributed by atoms with van der Waals surface area (Å²) in [5, 5.41) is 17.3. The minimum atomic E-state index is -1.07. The highest BCUT2D eigenvalue weighted by molar-refractivity contribution is 5.79. The summed E-state index contributed by atoms with van der Waals surface area (Å²) < 4.78 is 0. The summed E-state index contributed by atoms with van der Waals surface area (Å²) in [6.07, 6.45) is 1.67. The maximum atomic E-state index is 11.8. The molecule has 0 radical (unpaired) electrons. The number of amides is 1. The van der Waals surface area contributed by atoms with Crippen molar-refractivity contribution in [1.29, 1.82) is 0 Å². The van der Waals surface area contributed by atoms with E-state index in [1.165, 1.54) is 4.90 Å². The van der Waals surface area contributed by atoms with E-state index in [1.807, 2.05) is 6.92 Å². The molecule has 7 heteroatoms. The fourth-order valence-corrected chi connectivity index (χ4v) is 1.49. The lowest BCUT2D eigenvalue weighted by Gasteiger charge is -2.23. The van der Waals surface area contributed by atoms with Crippen molar-refractivity contribution in [2.75, 3.05) is 33.2 Å². The lowest BCUT2D eigenvalue weighted by atomic mass is 10.3. The molecule has 7 nitrogen and oxygen atoms in total. The Morgan fingerprint density at radius 1 is 1.00 bits per heavy atom. The van der Waals surface area contributed by atoms with E-state index in [0.29, 0.717) is 6.54 Å². The van der Waals surface area contributed by atoms with Gasteiger partial charge in [0.15, 0.2) is 0 Å².